The number of carboxylic acid groups (broad SMARTS) is 1. The lowest BCUT2D eigenvalue weighted by Crippen LogP contribution is -2.60. The molecule has 2 atom stereocenters. The van der Waals surface area contributed by atoms with Crippen molar-refractivity contribution >= 4 is 28.6 Å². The third kappa shape index (κ3) is 5.10. The summed E-state index contributed by atoms with van der Waals surface area (Å²) in [5.74, 6) is 0. The molecule has 35 heavy (non-hydrogen) atoms. The maximum absolute atomic E-state index is 13.1. The average Bonchev–Trinajstić information content (AvgIpc) is 3.21. The first-order valence-corrected chi connectivity index (χ1v) is 12.0. The molecule has 0 radical (unpaired) electrons. The number of pyridine rings is 1. The molecule has 1 fully saturated rings. The molecule has 2 unspecified atom stereocenters. The van der Waals surface area contributed by atoms with Crippen LogP contribution in [0.2, 0.25) is 0 Å². The molecular weight excluding hydrogens is 464 g/mol. The first kappa shape index (κ1) is 24.2. The van der Waals surface area contributed by atoms with Crippen LogP contribution in [0.3, 0.4) is 0 Å². The number of nitriles is 1. The molecule has 4 rings (SSSR count). The number of aryl methyl sites for hydroxylation is 2. The molecule has 180 valence electrons. The average molecular weight is 491 g/mol. The summed E-state index contributed by atoms with van der Waals surface area (Å²) in [7, 11) is 0. The molecule has 3 aromatic rings. The second-order valence-corrected chi connectivity index (χ2v) is 9.75. The maximum atomic E-state index is 13.1. The zero-order valence-electron chi connectivity index (χ0n) is 19.9. The van der Waals surface area contributed by atoms with Crippen molar-refractivity contribution in [1.29, 1.82) is 5.26 Å². The van der Waals surface area contributed by atoms with Crippen LogP contribution in [0.15, 0.2) is 36.4 Å². The van der Waals surface area contributed by atoms with E-state index in [4.69, 9.17) is 4.98 Å². The first-order chi connectivity index (χ1) is 16.7. The minimum Gasteiger partial charge on any atom is -0.465 e. The molecule has 9 nitrogen and oxygen atoms in total. The third-order valence-corrected chi connectivity index (χ3v) is 6.90. The van der Waals surface area contributed by atoms with Crippen LogP contribution in [-0.2, 0) is 0 Å². The van der Waals surface area contributed by atoms with Crippen molar-refractivity contribution in [3.05, 3.63) is 53.3 Å². The topological polar surface area (TPSA) is 122 Å². The van der Waals surface area contributed by atoms with Gasteiger partial charge in [-0.25, -0.2) is 14.6 Å². The minimum absolute atomic E-state index is 0.292. The van der Waals surface area contributed by atoms with Crippen molar-refractivity contribution in [3.8, 4) is 27.8 Å². The lowest BCUT2D eigenvalue weighted by molar-refractivity contribution is 0.0560. The fourth-order valence-electron chi connectivity index (χ4n) is 4.50. The number of amides is 3. The van der Waals surface area contributed by atoms with Gasteiger partial charge in [0.25, 0.3) is 0 Å². The third-order valence-electron chi connectivity index (χ3n) is 5.88. The molecule has 2 aromatic heterocycles. The number of benzene rings is 1. The summed E-state index contributed by atoms with van der Waals surface area (Å²) in [6.07, 6.45) is -0.984. The van der Waals surface area contributed by atoms with Crippen LogP contribution in [0, 0.1) is 25.2 Å². The van der Waals surface area contributed by atoms with Gasteiger partial charge in [-0.3, -0.25) is 15.2 Å². The Morgan fingerprint density at radius 2 is 1.74 bits per heavy atom. The van der Waals surface area contributed by atoms with Crippen molar-refractivity contribution in [3.63, 3.8) is 0 Å². The molecule has 1 aromatic carbocycles. The van der Waals surface area contributed by atoms with E-state index in [1.165, 1.54) is 16.2 Å². The van der Waals surface area contributed by atoms with Gasteiger partial charge in [0.15, 0.2) is 5.13 Å². The van der Waals surface area contributed by atoms with E-state index in [-0.39, 0.29) is 18.1 Å². The number of carbonyl (C=O) groups excluding carboxylic acids is 1. The molecule has 10 heteroatoms. The van der Waals surface area contributed by atoms with Crippen LogP contribution in [0.25, 0.3) is 21.7 Å². The lowest BCUT2D eigenvalue weighted by Gasteiger charge is -2.42. The van der Waals surface area contributed by atoms with Crippen LogP contribution in [-0.4, -0.2) is 62.2 Å². The number of anilines is 1. The normalized spacial score (nSPS) is 17.7. The van der Waals surface area contributed by atoms with Crippen molar-refractivity contribution in [1.82, 2.24) is 19.8 Å². The van der Waals surface area contributed by atoms with Gasteiger partial charge in [0, 0.05) is 30.0 Å². The van der Waals surface area contributed by atoms with Gasteiger partial charge < -0.3 is 10.0 Å². The van der Waals surface area contributed by atoms with Gasteiger partial charge in [0.2, 0.25) is 0 Å². The predicted octanol–water partition coefficient (Wildman–Crippen LogP) is 4.97. The number of nitrogens with one attached hydrogen (secondary N) is 1. The number of thiazole rings is 1. The number of aromatic nitrogens is 2. The van der Waals surface area contributed by atoms with Gasteiger partial charge in [0.1, 0.15) is 0 Å². The van der Waals surface area contributed by atoms with Crippen LogP contribution < -0.4 is 5.32 Å². The van der Waals surface area contributed by atoms with Crippen LogP contribution in [0.5, 0.6) is 0 Å². The van der Waals surface area contributed by atoms with Crippen molar-refractivity contribution < 1.29 is 14.7 Å². The predicted molar refractivity (Wildman–Crippen MR) is 134 cm³/mol. The largest absolute Gasteiger partial charge is 0.465 e. The summed E-state index contributed by atoms with van der Waals surface area (Å²) in [6, 6.07) is 12.3. The highest BCUT2D eigenvalue weighted by Crippen LogP contribution is 2.39. The maximum Gasteiger partial charge on any atom is 0.407 e. The number of hydrogen-bond donors (Lipinski definition) is 2. The number of rotatable bonds is 3. The standard InChI is InChI=1S/C25H26N6O3S/c1-14-8-20(9-15(2)27-14)22-21(19-7-5-6-18(10-19)11-26)28-23(35-22)29-24(32)30-12-16(3)31(25(33)34)17(4)13-30/h5-10,16-17H,12-13H2,1-4H3,(H,33,34)(H,28,29,32). The van der Waals surface area contributed by atoms with Gasteiger partial charge >= 0.3 is 12.1 Å². The molecule has 3 amide bonds. The number of hydrogen-bond acceptors (Lipinski definition) is 6. The van der Waals surface area contributed by atoms with Gasteiger partial charge in [-0.05, 0) is 57.5 Å². The Balaban J connectivity index is 1.67. The van der Waals surface area contributed by atoms with Gasteiger partial charge in [-0.2, -0.15) is 5.26 Å². The molecule has 3 heterocycles. The first-order valence-electron chi connectivity index (χ1n) is 11.2. The van der Waals surface area contributed by atoms with Crippen molar-refractivity contribution in [2.45, 2.75) is 39.8 Å². The lowest BCUT2D eigenvalue weighted by atomic mass is 10.0. The van der Waals surface area contributed by atoms with E-state index in [1.54, 1.807) is 30.9 Å². The smallest absolute Gasteiger partial charge is 0.407 e. The molecular formula is C25H26N6O3S. The molecule has 1 saturated heterocycles. The van der Waals surface area contributed by atoms with E-state index in [1.807, 2.05) is 38.1 Å². The Labute approximate surface area is 207 Å². The van der Waals surface area contributed by atoms with Crippen molar-refractivity contribution in [2.75, 3.05) is 18.4 Å². The van der Waals surface area contributed by atoms with Crippen LogP contribution >= 0.6 is 11.3 Å². The Kier molecular flexibility index (Phi) is 6.71. The van der Waals surface area contributed by atoms with Gasteiger partial charge in [-0.1, -0.05) is 23.5 Å². The van der Waals surface area contributed by atoms with E-state index in [2.05, 4.69) is 16.4 Å². The van der Waals surface area contributed by atoms with Gasteiger partial charge in [-0.15, -0.1) is 0 Å². The van der Waals surface area contributed by atoms with E-state index < -0.39 is 6.09 Å². The number of urea groups is 1. The Hall–Kier alpha value is -3.97. The summed E-state index contributed by atoms with van der Waals surface area (Å²) in [5, 5.41) is 22.1. The van der Waals surface area contributed by atoms with Gasteiger partial charge in [0.05, 0.1) is 34.3 Å². The highest BCUT2D eigenvalue weighted by molar-refractivity contribution is 7.19. The Morgan fingerprint density at radius 3 is 2.34 bits per heavy atom. The summed E-state index contributed by atoms with van der Waals surface area (Å²) in [4.78, 5) is 37.7. The summed E-state index contributed by atoms with van der Waals surface area (Å²) in [5.41, 5.74) is 4.64. The van der Waals surface area contributed by atoms with Crippen LogP contribution in [0.4, 0.5) is 14.7 Å². The second kappa shape index (κ2) is 9.72. The molecule has 1 aliphatic rings. The molecule has 2 N–H and O–H groups in total. The quantitative estimate of drug-likeness (QED) is 0.535. The SMILES string of the molecule is Cc1cc(-c2sc(NC(=O)N3CC(C)N(C(=O)O)C(C)C3)nc2-c2cccc(C#N)c2)cc(C)n1. The highest BCUT2D eigenvalue weighted by atomic mass is 32.1. The second-order valence-electron chi connectivity index (χ2n) is 8.75. The van der Waals surface area contributed by atoms with E-state index in [9.17, 15) is 20.0 Å². The zero-order chi connectivity index (χ0) is 25.3. The molecule has 1 aliphatic heterocycles. The minimum atomic E-state index is -0.984. The van der Waals surface area contributed by atoms with E-state index >= 15 is 0 Å². The summed E-state index contributed by atoms with van der Waals surface area (Å²) >= 11 is 1.35. The molecule has 0 aliphatic carbocycles. The zero-order valence-corrected chi connectivity index (χ0v) is 20.8. The monoisotopic (exact) mass is 490 g/mol. The molecule has 0 saturated carbocycles. The number of nitrogens with zero attached hydrogens (tertiary/aromatic N) is 5. The van der Waals surface area contributed by atoms with E-state index in [0.29, 0.717) is 29.5 Å². The number of carbonyl (C=O) groups is 2. The summed E-state index contributed by atoms with van der Waals surface area (Å²) < 4.78 is 0. The Morgan fingerprint density at radius 1 is 1.09 bits per heavy atom. The highest BCUT2D eigenvalue weighted by Gasteiger charge is 2.35. The van der Waals surface area contributed by atoms with E-state index in [0.717, 1.165) is 27.4 Å². The van der Waals surface area contributed by atoms with Crippen LogP contribution in [0.1, 0.15) is 30.8 Å². The summed E-state index contributed by atoms with van der Waals surface area (Å²) in [6.45, 7) is 8.02. The Bertz CT molecular complexity index is 1300. The molecule has 0 bridgehead atoms. The number of piperazine rings is 1. The van der Waals surface area contributed by atoms with Crippen molar-refractivity contribution in [2.24, 2.45) is 0 Å². The fourth-order valence-corrected chi connectivity index (χ4v) is 5.47. The fraction of sp³-hybridized carbons (Fsp3) is 0.320. The molecule has 0 spiro atoms.